The van der Waals surface area contributed by atoms with E-state index in [0.717, 1.165) is 25.3 Å². The number of aryl methyl sites for hydroxylation is 1. The second-order valence-corrected chi connectivity index (χ2v) is 9.20. The molecule has 3 aromatic rings. The van der Waals surface area contributed by atoms with Gasteiger partial charge in [-0.2, -0.15) is 0 Å². The van der Waals surface area contributed by atoms with Crippen LogP contribution in [0.15, 0.2) is 70.2 Å². The van der Waals surface area contributed by atoms with Gasteiger partial charge in [-0.3, -0.25) is 0 Å². The fourth-order valence-corrected chi connectivity index (χ4v) is 5.03. The van der Waals surface area contributed by atoms with E-state index in [2.05, 4.69) is 16.9 Å². The summed E-state index contributed by atoms with van der Waals surface area (Å²) in [5.41, 5.74) is 2.92. The molecule has 0 aliphatic carbocycles. The zero-order valence-electron chi connectivity index (χ0n) is 16.2. The highest BCUT2D eigenvalue weighted by Crippen LogP contribution is 2.18. The summed E-state index contributed by atoms with van der Waals surface area (Å²) in [6.07, 6.45) is 2.55. The highest BCUT2D eigenvalue weighted by atomic mass is 32.2. The zero-order valence-corrected chi connectivity index (χ0v) is 17.0. The minimum Gasteiger partial charge on any atom is -0.463 e. The van der Waals surface area contributed by atoms with Gasteiger partial charge < -0.3 is 9.32 Å². The molecule has 2 N–H and O–H groups in total. The van der Waals surface area contributed by atoms with Crippen molar-refractivity contribution in [2.24, 2.45) is 0 Å². The number of sulfonamides is 1. The molecule has 1 aliphatic heterocycles. The van der Waals surface area contributed by atoms with Crippen LogP contribution in [0.3, 0.4) is 0 Å². The lowest BCUT2D eigenvalue weighted by Crippen LogP contribution is -3.12. The van der Waals surface area contributed by atoms with E-state index in [9.17, 15) is 12.8 Å². The first-order valence-electron chi connectivity index (χ1n) is 9.64. The molecule has 0 fully saturated rings. The Kier molecular flexibility index (Phi) is 5.54. The molecule has 7 heteroatoms. The largest absolute Gasteiger partial charge is 0.463 e. The maximum Gasteiger partial charge on any atom is 0.240 e. The van der Waals surface area contributed by atoms with Gasteiger partial charge in [-0.1, -0.05) is 24.3 Å². The third kappa shape index (κ3) is 4.27. The van der Waals surface area contributed by atoms with Gasteiger partial charge in [0.05, 0.1) is 24.2 Å². The summed E-state index contributed by atoms with van der Waals surface area (Å²) in [4.78, 5) is 1.31. The van der Waals surface area contributed by atoms with Crippen LogP contribution >= 0.6 is 0 Å². The Hall–Kier alpha value is -2.48. The van der Waals surface area contributed by atoms with Crippen molar-refractivity contribution in [1.82, 2.24) is 4.72 Å². The Bertz CT molecular complexity index is 1100. The fraction of sp³-hybridized carbons (Fsp3) is 0.273. The molecule has 0 bridgehead atoms. The smallest absolute Gasteiger partial charge is 0.240 e. The Morgan fingerprint density at radius 1 is 1.14 bits per heavy atom. The third-order valence-electron chi connectivity index (χ3n) is 5.55. The number of hydrogen-bond acceptors (Lipinski definition) is 3. The van der Waals surface area contributed by atoms with E-state index in [1.165, 1.54) is 34.2 Å². The molecule has 0 spiro atoms. The van der Waals surface area contributed by atoms with E-state index >= 15 is 0 Å². The van der Waals surface area contributed by atoms with E-state index in [1.807, 2.05) is 24.3 Å². The summed E-state index contributed by atoms with van der Waals surface area (Å²) in [6.45, 7) is 3.44. The fourth-order valence-electron chi connectivity index (χ4n) is 3.90. The molecule has 2 heterocycles. The molecule has 2 atom stereocenters. The van der Waals surface area contributed by atoms with Crippen molar-refractivity contribution >= 4 is 10.0 Å². The second-order valence-electron chi connectivity index (χ2n) is 7.43. The van der Waals surface area contributed by atoms with Crippen molar-refractivity contribution in [3.63, 3.8) is 0 Å². The molecule has 0 saturated carbocycles. The Morgan fingerprint density at radius 2 is 1.93 bits per heavy atom. The molecule has 0 amide bonds. The average Bonchev–Trinajstić information content (AvgIpc) is 3.24. The van der Waals surface area contributed by atoms with Crippen molar-refractivity contribution in [2.75, 3.05) is 13.1 Å². The van der Waals surface area contributed by atoms with Crippen LogP contribution in [0.4, 0.5) is 4.39 Å². The zero-order chi connectivity index (χ0) is 20.4. The number of hydrogen-bond donors (Lipinski definition) is 2. The van der Waals surface area contributed by atoms with E-state index in [0.29, 0.717) is 5.56 Å². The topological polar surface area (TPSA) is 63.8 Å². The summed E-state index contributed by atoms with van der Waals surface area (Å²) >= 11 is 0. The minimum atomic E-state index is -3.76. The summed E-state index contributed by atoms with van der Waals surface area (Å²) in [7, 11) is -3.76. The Labute approximate surface area is 170 Å². The van der Waals surface area contributed by atoms with Gasteiger partial charge in [-0.25, -0.2) is 17.5 Å². The van der Waals surface area contributed by atoms with Crippen LogP contribution in [-0.2, 0) is 23.0 Å². The summed E-state index contributed by atoms with van der Waals surface area (Å²) < 4.78 is 47.4. The predicted octanol–water partition coefficient (Wildman–Crippen LogP) is 2.39. The first-order chi connectivity index (χ1) is 13.9. The Morgan fingerprint density at radius 3 is 2.66 bits per heavy atom. The maximum atomic E-state index is 13.5. The molecule has 5 nitrogen and oxygen atoms in total. The highest BCUT2D eigenvalue weighted by molar-refractivity contribution is 7.89. The second kappa shape index (κ2) is 8.10. The van der Waals surface area contributed by atoms with Gasteiger partial charge in [0.15, 0.2) is 11.8 Å². The standard InChI is InChI=1S/C22H23FN2O3S/c1-16-13-19(8-9-20(16)23)29(26,27)24-14-21(22-7-4-12-28-22)25-11-10-17-5-2-3-6-18(17)15-25/h2-9,12-13,21,24H,10-11,14-15H2,1H3/p+1/t21-/m1/s1. The van der Waals surface area contributed by atoms with Crippen LogP contribution in [0, 0.1) is 12.7 Å². The van der Waals surface area contributed by atoms with Crippen molar-refractivity contribution < 1.29 is 22.1 Å². The predicted molar refractivity (Wildman–Crippen MR) is 107 cm³/mol. The van der Waals surface area contributed by atoms with Crippen molar-refractivity contribution in [2.45, 2.75) is 30.8 Å². The third-order valence-corrected chi connectivity index (χ3v) is 6.97. The molecule has 2 aromatic carbocycles. The van der Waals surface area contributed by atoms with E-state index in [-0.39, 0.29) is 17.5 Å². The van der Waals surface area contributed by atoms with Gasteiger partial charge in [0, 0.05) is 12.0 Å². The molecule has 0 saturated heterocycles. The summed E-state index contributed by atoms with van der Waals surface area (Å²) in [6, 6.07) is 15.7. The normalized spacial score (nSPS) is 17.7. The first kappa shape index (κ1) is 19.8. The van der Waals surface area contributed by atoms with Crippen molar-refractivity contribution in [3.8, 4) is 0 Å². The molecule has 152 valence electrons. The lowest BCUT2D eigenvalue weighted by Gasteiger charge is -2.31. The van der Waals surface area contributed by atoms with Crippen LogP contribution in [0.2, 0.25) is 0 Å². The van der Waals surface area contributed by atoms with Crippen LogP contribution in [0.5, 0.6) is 0 Å². The number of halogens is 1. The molecule has 0 radical (unpaired) electrons. The van der Waals surface area contributed by atoms with Gasteiger partial charge in [-0.15, -0.1) is 0 Å². The molecule has 4 rings (SSSR count). The lowest BCUT2D eigenvalue weighted by atomic mass is 9.98. The molecular formula is C22H24FN2O3S+. The maximum absolute atomic E-state index is 13.5. The molecule has 1 aromatic heterocycles. The van der Waals surface area contributed by atoms with Crippen LogP contribution in [0.1, 0.15) is 28.5 Å². The monoisotopic (exact) mass is 415 g/mol. The number of quaternary nitrogens is 1. The Balaban J connectivity index is 1.55. The number of rotatable bonds is 6. The van der Waals surface area contributed by atoms with Gasteiger partial charge in [0.1, 0.15) is 12.4 Å². The quantitative estimate of drug-likeness (QED) is 0.650. The molecule has 1 unspecified atom stereocenters. The number of fused-ring (bicyclic) bond motifs is 1. The summed E-state index contributed by atoms with van der Waals surface area (Å²) in [5.74, 6) is 0.325. The van der Waals surface area contributed by atoms with E-state index in [1.54, 1.807) is 13.2 Å². The van der Waals surface area contributed by atoms with Gasteiger partial charge in [-0.05, 0) is 48.4 Å². The molecular weight excluding hydrogens is 391 g/mol. The van der Waals surface area contributed by atoms with Crippen molar-refractivity contribution in [3.05, 3.63) is 89.1 Å². The SMILES string of the molecule is Cc1cc(S(=O)(=O)NC[C@H](c2ccco2)[NH+]2CCc3ccccc3C2)ccc1F. The number of furan rings is 1. The van der Waals surface area contributed by atoms with Crippen molar-refractivity contribution in [1.29, 1.82) is 0 Å². The van der Waals surface area contributed by atoms with Gasteiger partial charge >= 0.3 is 0 Å². The number of benzene rings is 2. The number of nitrogens with one attached hydrogen (secondary N) is 2. The van der Waals surface area contributed by atoms with Crippen LogP contribution < -0.4 is 9.62 Å². The first-order valence-corrected chi connectivity index (χ1v) is 11.1. The van der Waals surface area contributed by atoms with Gasteiger partial charge in [0.2, 0.25) is 10.0 Å². The van der Waals surface area contributed by atoms with Crippen LogP contribution in [0.25, 0.3) is 0 Å². The van der Waals surface area contributed by atoms with Crippen LogP contribution in [-0.4, -0.2) is 21.5 Å². The highest BCUT2D eigenvalue weighted by Gasteiger charge is 2.31. The average molecular weight is 416 g/mol. The molecule has 1 aliphatic rings. The van der Waals surface area contributed by atoms with E-state index in [4.69, 9.17) is 4.42 Å². The van der Waals surface area contributed by atoms with Gasteiger partial charge in [0.25, 0.3) is 0 Å². The minimum absolute atomic E-state index is 0.0635. The lowest BCUT2D eigenvalue weighted by molar-refractivity contribution is -0.946. The van der Waals surface area contributed by atoms with E-state index < -0.39 is 15.8 Å². The summed E-state index contributed by atoms with van der Waals surface area (Å²) in [5, 5.41) is 0. The molecule has 29 heavy (non-hydrogen) atoms.